The van der Waals surface area contributed by atoms with Crippen LogP contribution < -0.4 is 5.32 Å². The number of nitrogens with one attached hydrogen (secondary N) is 1. The molecule has 2 rings (SSSR count). The summed E-state index contributed by atoms with van der Waals surface area (Å²) in [5, 5.41) is 3.31. The van der Waals surface area contributed by atoms with E-state index < -0.39 is 0 Å². The van der Waals surface area contributed by atoms with Crippen LogP contribution in [0.2, 0.25) is 0 Å². The number of thioether (sulfide) groups is 1. The quantitative estimate of drug-likeness (QED) is 0.767. The third kappa shape index (κ3) is 4.80. The van der Waals surface area contributed by atoms with Crippen molar-refractivity contribution >= 4 is 33.5 Å². The molecule has 1 aromatic carbocycles. The first-order chi connectivity index (χ1) is 9.67. The maximum atomic E-state index is 4.55. The van der Waals surface area contributed by atoms with Crippen molar-refractivity contribution in [2.75, 3.05) is 11.9 Å². The summed E-state index contributed by atoms with van der Waals surface area (Å²) in [7, 11) is 0. The molecule has 0 saturated carbocycles. The molecule has 20 heavy (non-hydrogen) atoms. The molecule has 0 spiro atoms. The molecule has 0 saturated heterocycles. The number of nitrogens with zero attached hydrogens (tertiary/aromatic N) is 2. The SMILES string of the molecule is CCCNc1cc(C)nc(CSc2ccc(Br)cc2)n1. The smallest absolute Gasteiger partial charge is 0.141 e. The van der Waals surface area contributed by atoms with Crippen LogP contribution in [-0.2, 0) is 5.75 Å². The Labute approximate surface area is 132 Å². The molecule has 3 nitrogen and oxygen atoms in total. The summed E-state index contributed by atoms with van der Waals surface area (Å²) in [6, 6.07) is 10.3. The number of hydrogen-bond acceptors (Lipinski definition) is 4. The summed E-state index contributed by atoms with van der Waals surface area (Å²) < 4.78 is 1.10. The molecule has 0 atom stereocenters. The minimum absolute atomic E-state index is 0.782. The van der Waals surface area contributed by atoms with E-state index in [4.69, 9.17) is 0 Å². The number of rotatable bonds is 6. The van der Waals surface area contributed by atoms with Crippen molar-refractivity contribution in [3.8, 4) is 0 Å². The predicted octanol–water partition coefficient (Wildman–Crippen LogP) is 4.66. The Balaban J connectivity index is 2.01. The Morgan fingerprint density at radius 2 is 1.95 bits per heavy atom. The van der Waals surface area contributed by atoms with Gasteiger partial charge in [0.1, 0.15) is 11.6 Å². The molecular formula is C15H18BrN3S. The van der Waals surface area contributed by atoms with Gasteiger partial charge in [0.25, 0.3) is 0 Å². The van der Waals surface area contributed by atoms with E-state index in [1.165, 1.54) is 4.90 Å². The van der Waals surface area contributed by atoms with Crippen LogP contribution in [0.4, 0.5) is 5.82 Å². The Morgan fingerprint density at radius 1 is 1.20 bits per heavy atom. The third-order valence-electron chi connectivity index (χ3n) is 2.64. The molecule has 2 aromatic rings. The zero-order valence-electron chi connectivity index (χ0n) is 11.7. The monoisotopic (exact) mass is 351 g/mol. The van der Waals surface area contributed by atoms with Gasteiger partial charge in [-0.15, -0.1) is 11.8 Å². The Morgan fingerprint density at radius 3 is 2.65 bits per heavy atom. The summed E-state index contributed by atoms with van der Waals surface area (Å²) in [6.07, 6.45) is 1.09. The lowest BCUT2D eigenvalue weighted by atomic mass is 10.4. The number of anilines is 1. The molecule has 0 amide bonds. The van der Waals surface area contributed by atoms with Gasteiger partial charge in [-0.05, 0) is 37.6 Å². The van der Waals surface area contributed by atoms with E-state index in [0.29, 0.717) is 0 Å². The van der Waals surface area contributed by atoms with Gasteiger partial charge in [0.05, 0.1) is 5.75 Å². The maximum absolute atomic E-state index is 4.55. The number of hydrogen-bond donors (Lipinski definition) is 1. The van der Waals surface area contributed by atoms with E-state index in [0.717, 1.165) is 40.5 Å². The lowest BCUT2D eigenvalue weighted by molar-refractivity contribution is 0.940. The minimum Gasteiger partial charge on any atom is -0.370 e. The lowest BCUT2D eigenvalue weighted by Gasteiger charge is -2.07. The summed E-state index contributed by atoms with van der Waals surface area (Å²) in [6.45, 7) is 5.09. The van der Waals surface area contributed by atoms with Gasteiger partial charge in [-0.1, -0.05) is 22.9 Å². The molecule has 0 radical (unpaired) electrons. The van der Waals surface area contributed by atoms with Crippen molar-refractivity contribution < 1.29 is 0 Å². The van der Waals surface area contributed by atoms with Gasteiger partial charge < -0.3 is 5.32 Å². The van der Waals surface area contributed by atoms with Crippen LogP contribution in [0.15, 0.2) is 39.7 Å². The van der Waals surface area contributed by atoms with Crippen LogP contribution in [0, 0.1) is 6.92 Å². The van der Waals surface area contributed by atoms with Crippen LogP contribution in [0.1, 0.15) is 24.9 Å². The molecule has 1 heterocycles. The highest BCUT2D eigenvalue weighted by molar-refractivity contribution is 9.10. The van der Waals surface area contributed by atoms with E-state index in [1.807, 2.05) is 25.1 Å². The zero-order valence-corrected chi connectivity index (χ0v) is 14.1. The first kappa shape index (κ1) is 15.3. The molecule has 0 aliphatic carbocycles. The second kappa shape index (κ2) is 7.64. The number of benzene rings is 1. The zero-order chi connectivity index (χ0) is 14.4. The number of halogens is 1. The summed E-state index contributed by atoms with van der Waals surface area (Å²) in [5.74, 6) is 2.58. The fourth-order valence-electron chi connectivity index (χ4n) is 1.72. The lowest BCUT2D eigenvalue weighted by Crippen LogP contribution is -2.05. The van der Waals surface area contributed by atoms with E-state index in [1.54, 1.807) is 11.8 Å². The average Bonchev–Trinajstić information content (AvgIpc) is 2.44. The third-order valence-corrected chi connectivity index (χ3v) is 4.17. The number of aryl methyl sites for hydroxylation is 1. The number of aromatic nitrogens is 2. The van der Waals surface area contributed by atoms with Crippen molar-refractivity contribution in [3.05, 3.63) is 46.3 Å². The summed E-state index contributed by atoms with van der Waals surface area (Å²) in [5.41, 5.74) is 1.00. The highest BCUT2D eigenvalue weighted by Crippen LogP contribution is 2.23. The normalized spacial score (nSPS) is 10.6. The molecule has 1 aromatic heterocycles. The largest absolute Gasteiger partial charge is 0.370 e. The topological polar surface area (TPSA) is 37.8 Å². The molecular weight excluding hydrogens is 334 g/mol. The van der Waals surface area contributed by atoms with Gasteiger partial charge in [0, 0.05) is 27.7 Å². The molecule has 0 bridgehead atoms. The highest BCUT2D eigenvalue weighted by atomic mass is 79.9. The van der Waals surface area contributed by atoms with Crippen LogP contribution in [0.25, 0.3) is 0 Å². The molecule has 0 fully saturated rings. The molecule has 0 aliphatic heterocycles. The van der Waals surface area contributed by atoms with E-state index in [9.17, 15) is 0 Å². The van der Waals surface area contributed by atoms with Gasteiger partial charge in [-0.25, -0.2) is 9.97 Å². The van der Waals surface area contributed by atoms with Crippen molar-refractivity contribution in [2.24, 2.45) is 0 Å². The van der Waals surface area contributed by atoms with E-state index in [2.05, 4.69) is 50.3 Å². The first-order valence-corrected chi connectivity index (χ1v) is 8.42. The summed E-state index contributed by atoms with van der Waals surface area (Å²) in [4.78, 5) is 10.3. The van der Waals surface area contributed by atoms with Crippen molar-refractivity contribution in [3.63, 3.8) is 0 Å². The highest BCUT2D eigenvalue weighted by Gasteiger charge is 2.03. The molecule has 0 aliphatic rings. The Hall–Kier alpha value is -1.07. The second-order valence-corrected chi connectivity index (χ2v) is 6.44. The molecule has 1 N–H and O–H groups in total. The fraction of sp³-hybridized carbons (Fsp3) is 0.333. The minimum atomic E-state index is 0.782. The molecule has 5 heteroatoms. The van der Waals surface area contributed by atoms with Crippen LogP contribution in [-0.4, -0.2) is 16.5 Å². The fourth-order valence-corrected chi connectivity index (χ4v) is 2.73. The average molecular weight is 352 g/mol. The van der Waals surface area contributed by atoms with Gasteiger partial charge in [-0.3, -0.25) is 0 Å². The first-order valence-electron chi connectivity index (χ1n) is 6.64. The van der Waals surface area contributed by atoms with Crippen LogP contribution in [0.3, 0.4) is 0 Å². The Bertz CT molecular complexity index is 558. The van der Waals surface area contributed by atoms with Gasteiger partial charge in [0.15, 0.2) is 0 Å². The maximum Gasteiger partial charge on any atom is 0.141 e. The second-order valence-electron chi connectivity index (χ2n) is 4.48. The van der Waals surface area contributed by atoms with Crippen LogP contribution >= 0.6 is 27.7 Å². The van der Waals surface area contributed by atoms with Gasteiger partial charge >= 0.3 is 0 Å². The van der Waals surface area contributed by atoms with Crippen molar-refractivity contribution in [1.82, 2.24) is 9.97 Å². The molecule has 106 valence electrons. The van der Waals surface area contributed by atoms with Crippen LogP contribution in [0.5, 0.6) is 0 Å². The summed E-state index contributed by atoms with van der Waals surface area (Å²) >= 11 is 5.19. The van der Waals surface area contributed by atoms with Gasteiger partial charge in [0.2, 0.25) is 0 Å². The van der Waals surface area contributed by atoms with Crippen molar-refractivity contribution in [1.29, 1.82) is 0 Å². The predicted molar refractivity (Wildman–Crippen MR) is 89.3 cm³/mol. The van der Waals surface area contributed by atoms with E-state index >= 15 is 0 Å². The Kier molecular flexibility index (Phi) is 5.86. The van der Waals surface area contributed by atoms with Gasteiger partial charge in [-0.2, -0.15) is 0 Å². The molecule has 0 unspecified atom stereocenters. The van der Waals surface area contributed by atoms with E-state index in [-0.39, 0.29) is 0 Å². The standard InChI is InChI=1S/C15H18BrN3S/c1-3-8-17-14-9-11(2)18-15(19-14)10-20-13-6-4-12(16)5-7-13/h4-7,9H,3,8,10H2,1-2H3,(H,17,18,19). The van der Waals surface area contributed by atoms with Crippen molar-refractivity contribution in [2.45, 2.75) is 30.9 Å².